The first kappa shape index (κ1) is 12.7. The smallest absolute Gasteiger partial charge is 0.293 e. The molecule has 0 unspecified atom stereocenters. The van der Waals surface area contributed by atoms with Crippen LogP contribution in [0.25, 0.3) is 11.1 Å². The third-order valence-corrected chi connectivity index (χ3v) is 2.83. The normalized spacial score (nSPS) is 10.6. The van der Waals surface area contributed by atoms with Crippen molar-refractivity contribution in [3.63, 3.8) is 0 Å². The SMILES string of the molecule is CN(C)c1ccc(-c2c(O)c(=O)c2=O)cc1[N+](=O)[O-]. The molecule has 2 rings (SSSR count). The fourth-order valence-electron chi connectivity index (χ4n) is 1.85. The summed E-state index contributed by atoms with van der Waals surface area (Å²) in [6.07, 6.45) is 0. The summed E-state index contributed by atoms with van der Waals surface area (Å²) >= 11 is 0. The van der Waals surface area contributed by atoms with Crippen LogP contribution >= 0.6 is 0 Å². The number of nitrogens with zero attached hydrogens (tertiary/aromatic N) is 2. The van der Waals surface area contributed by atoms with Gasteiger partial charge in [-0.1, -0.05) is 6.07 Å². The van der Waals surface area contributed by atoms with Gasteiger partial charge in [0, 0.05) is 20.2 Å². The summed E-state index contributed by atoms with van der Waals surface area (Å²) in [5, 5.41) is 20.3. The van der Waals surface area contributed by atoms with Crippen molar-refractivity contribution in [3.8, 4) is 16.9 Å². The van der Waals surface area contributed by atoms with Gasteiger partial charge in [-0.25, -0.2) is 0 Å². The van der Waals surface area contributed by atoms with Crippen LogP contribution in [-0.4, -0.2) is 24.1 Å². The van der Waals surface area contributed by atoms with E-state index in [4.69, 9.17) is 0 Å². The zero-order valence-electron chi connectivity index (χ0n) is 10.2. The maximum absolute atomic E-state index is 11.3. The maximum atomic E-state index is 11.3. The summed E-state index contributed by atoms with van der Waals surface area (Å²) in [5.41, 5.74) is -1.63. The quantitative estimate of drug-likeness (QED) is 0.494. The fourth-order valence-corrected chi connectivity index (χ4v) is 1.85. The van der Waals surface area contributed by atoms with Crippen LogP contribution in [0.5, 0.6) is 5.75 Å². The molecule has 0 bridgehead atoms. The second-order valence-electron chi connectivity index (χ2n) is 4.24. The lowest BCUT2D eigenvalue weighted by atomic mass is 9.99. The Labute approximate surface area is 107 Å². The van der Waals surface area contributed by atoms with Crippen LogP contribution in [0.15, 0.2) is 27.8 Å². The summed E-state index contributed by atoms with van der Waals surface area (Å²) in [4.78, 5) is 34.2. The van der Waals surface area contributed by atoms with E-state index in [0.717, 1.165) is 0 Å². The lowest BCUT2D eigenvalue weighted by Gasteiger charge is -2.14. The Morgan fingerprint density at radius 2 is 1.84 bits per heavy atom. The summed E-state index contributed by atoms with van der Waals surface area (Å²) in [6, 6.07) is 4.09. The molecule has 0 aliphatic heterocycles. The predicted octanol–water partition coefficient (Wildman–Crippen LogP) is 0.629. The van der Waals surface area contributed by atoms with Crippen LogP contribution < -0.4 is 15.8 Å². The molecule has 0 saturated heterocycles. The van der Waals surface area contributed by atoms with Crippen molar-refractivity contribution in [2.75, 3.05) is 19.0 Å². The average molecular weight is 262 g/mol. The standard InChI is InChI=1S/C12H10N2O5/c1-13(2)7-4-3-6(5-8(7)14(18)19)9-10(15)12(17)11(9)16/h3-5,15H,1-2H3. The number of aromatic hydroxyl groups is 1. The van der Waals surface area contributed by atoms with Gasteiger partial charge in [0.1, 0.15) is 5.69 Å². The molecule has 0 spiro atoms. The monoisotopic (exact) mass is 262 g/mol. The van der Waals surface area contributed by atoms with Gasteiger partial charge in [0.15, 0.2) is 5.75 Å². The highest BCUT2D eigenvalue weighted by atomic mass is 16.6. The topological polar surface area (TPSA) is 101 Å². The van der Waals surface area contributed by atoms with E-state index in [1.165, 1.54) is 18.2 Å². The van der Waals surface area contributed by atoms with Gasteiger partial charge in [0.05, 0.1) is 10.5 Å². The molecule has 2 aromatic carbocycles. The molecule has 7 nitrogen and oxygen atoms in total. The van der Waals surface area contributed by atoms with Crippen LogP contribution in [0.4, 0.5) is 11.4 Å². The van der Waals surface area contributed by atoms with Crippen LogP contribution in [0, 0.1) is 10.1 Å². The van der Waals surface area contributed by atoms with E-state index in [1.807, 2.05) is 0 Å². The molecular weight excluding hydrogens is 252 g/mol. The number of benzene rings is 1. The largest absolute Gasteiger partial charge is 0.503 e. The number of nitro groups is 1. The zero-order chi connectivity index (χ0) is 14.3. The summed E-state index contributed by atoms with van der Waals surface area (Å²) in [7, 11) is 3.30. The minimum atomic E-state index is -0.964. The zero-order valence-corrected chi connectivity index (χ0v) is 10.2. The van der Waals surface area contributed by atoms with Crippen LogP contribution in [0.2, 0.25) is 0 Å². The summed E-state index contributed by atoms with van der Waals surface area (Å²) in [6.45, 7) is 0. The first-order valence-electron chi connectivity index (χ1n) is 5.33. The Morgan fingerprint density at radius 3 is 2.32 bits per heavy atom. The molecule has 0 aromatic heterocycles. The molecular formula is C12H10N2O5. The van der Waals surface area contributed by atoms with Crippen molar-refractivity contribution >= 4 is 11.4 Å². The van der Waals surface area contributed by atoms with Crippen LogP contribution in [-0.2, 0) is 0 Å². The van der Waals surface area contributed by atoms with Crippen molar-refractivity contribution in [2.45, 2.75) is 0 Å². The maximum Gasteiger partial charge on any atom is 0.293 e. The second kappa shape index (κ2) is 4.20. The van der Waals surface area contributed by atoms with Crippen molar-refractivity contribution < 1.29 is 10.0 Å². The van der Waals surface area contributed by atoms with Gasteiger partial charge in [-0.15, -0.1) is 0 Å². The Kier molecular flexibility index (Phi) is 2.82. The lowest BCUT2D eigenvalue weighted by Crippen LogP contribution is -2.31. The molecule has 0 saturated carbocycles. The van der Waals surface area contributed by atoms with Gasteiger partial charge in [-0.2, -0.15) is 0 Å². The molecule has 19 heavy (non-hydrogen) atoms. The Bertz CT molecular complexity index is 741. The van der Waals surface area contributed by atoms with E-state index in [2.05, 4.69) is 0 Å². The van der Waals surface area contributed by atoms with E-state index >= 15 is 0 Å². The molecule has 0 aliphatic rings. The first-order chi connectivity index (χ1) is 8.84. The molecule has 98 valence electrons. The number of rotatable bonds is 3. The molecule has 2 aromatic rings. The fraction of sp³-hybridized carbons (Fsp3) is 0.167. The molecule has 0 radical (unpaired) electrons. The molecule has 7 heteroatoms. The van der Waals surface area contributed by atoms with Crippen molar-refractivity contribution in [1.29, 1.82) is 0 Å². The Hall–Kier alpha value is -2.70. The Balaban J connectivity index is 2.63. The molecule has 0 aliphatic carbocycles. The molecule has 0 amide bonds. The molecule has 0 fully saturated rings. The van der Waals surface area contributed by atoms with Crippen molar-refractivity contribution in [2.24, 2.45) is 0 Å². The second-order valence-corrected chi connectivity index (χ2v) is 4.24. The first-order valence-corrected chi connectivity index (χ1v) is 5.33. The highest BCUT2D eigenvalue weighted by molar-refractivity contribution is 5.78. The minimum absolute atomic E-state index is 0.166. The van der Waals surface area contributed by atoms with Crippen LogP contribution in [0.1, 0.15) is 0 Å². The van der Waals surface area contributed by atoms with E-state index in [9.17, 15) is 24.8 Å². The van der Waals surface area contributed by atoms with E-state index in [1.54, 1.807) is 19.0 Å². The van der Waals surface area contributed by atoms with E-state index in [0.29, 0.717) is 5.69 Å². The molecule has 0 atom stereocenters. The summed E-state index contributed by atoms with van der Waals surface area (Å²) < 4.78 is 0. The molecule has 0 heterocycles. The van der Waals surface area contributed by atoms with Crippen molar-refractivity contribution in [3.05, 3.63) is 48.8 Å². The van der Waals surface area contributed by atoms with Gasteiger partial charge >= 0.3 is 0 Å². The highest BCUT2D eigenvalue weighted by Gasteiger charge is 2.24. The van der Waals surface area contributed by atoms with E-state index in [-0.39, 0.29) is 16.8 Å². The Morgan fingerprint density at radius 1 is 1.21 bits per heavy atom. The van der Waals surface area contributed by atoms with Crippen LogP contribution in [0.3, 0.4) is 0 Å². The highest BCUT2D eigenvalue weighted by Crippen LogP contribution is 2.33. The third-order valence-electron chi connectivity index (χ3n) is 2.83. The van der Waals surface area contributed by atoms with Gasteiger partial charge in [-0.3, -0.25) is 19.7 Å². The predicted molar refractivity (Wildman–Crippen MR) is 69.4 cm³/mol. The number of hydrogen-bond donors (Lipinski definition) is 1. The average Bonchev–Trinajstić information content (AvgIpc) is 2.38. The minimum Gasteiger partial charge on any atom is -0.503 e. The summed E-state index contributed by atoms with van der Waals surface area (Å²) in [5.74, 6) is -0.642. The number of nitro benzene ring substituents is 1. The van der Waals surface area contributed by atoms with E-state index < -0.39 is 21.5 Å². The molecule has 1 N–H and O–H groups in total. The third kappa shape index (κ3) is 1.85. The van der Waals surface area contributed by atoms with Gasteiger partial charge in [0.25, 0.3) is 11.1 Å². The van der Waals surface area contributed by atoms with Crippen molar-refractivity contribution in [1.82, 2.24) is 0 Å². The van der Waals surface area contributed by atoms with Gasteiger partial charge in [0.2, 0.25) is 5.43 Å². The van der Waals surface area contributed by atoms with Gasteiger partial charge in [-0.05, 0) is 11.6 Å². The van der Waals surface area contributed by atoms with Gasteiger partial charge < -0.3 is 10.0 Å². The number of anilines is 1. The lowest BCUT2D eigenvalue weighted by molar-refractivity contribution is -0.384. The number of hydrogen-bond acceptors (Lipinski definition) is 6.